The minimum atomic E-state index is -0.507. The van der Waals surface area contributed by atoms with Crippen molar-refractivity contribution < 1.29 is 14.3 Å². The van der Waals surface area contributed by atoms with E-state index in [4.69, 9.17) is 9.47 Å². The van der Waals surface area contributed by atoms with E-state index in [1.165, 1.54) is 0 Å². The molecule has 24 heavy (non-hydrogen) atoms. The fourth-order valence-corrected chi connectivity index (χ4v) is 3.95. The van der Waals surface area contributed by atoms with Gasteiger partial charge >= 0.3 is 0 Å². The molecule has 130 valence electrons. The van der Waals surface area contributed by atoms with E-state index < -0.39 is 5.79 Å². The highest BCUT2D eigenvalue weighted by atomic mass is 16.7. The Balaban J connectivity index is 1.59. The Bertz CT molecular complexity index is 719. The first-order valence-electron chi connectivity index (χ1n) is 8.81. The Hall–Kier alpha value is -1.66. The van der Waals surface area contributed by atoms with Crippen molar-refractivity contribution >= 4 is 5.91 Å². The third kappa shape index (κ3) is 2.58. The lowest BCUT2D eigenvalue weighted by atomic mass is 10.0. The molecule has 6 nitrogen and oxygen atoms in total. The van der Waals surface area contributed by atoms with Gasteiger partial charge in [0, 0.05) is 37.7 Å². The maximum atomic E-state index is 13.0. The highest BCUT2D eigenvalue weighted by molar-refractivity contribution is 5.95. The first kappa shape index (κ1) is 15.8. The number of pyridine rings is 1. The van der Waals surface area contributed by atoms with Gasteiger partial charge in [0.2, 0.25) is 0 Å². The zero-order chi connectivity index (χ0) is 16.9. The Labute approximate surface area is 141 Å². The van der Waals surface area contributed by atoms with E-state index in [2.05, 4.69) is 0 Å². The number of likely N-dealkylation sites (tertiary alicyclic amines) is 1. The van der Waals surface area contributed by atoms with Gasteiger partial charge in [-0.1, -0.05) is 0 Å². The fourth-order valence-electron chi connectivity index (χ4n) is 3.95. The molecule has 0 bridgehead atoms. The molecule has 0 radical (unpaired) electrons. The van der Waals surface area contributed by atoms with E-state index >= 15 is 0 Å². The van der Waals surface area contributed by atoms with Gasteiger partial charge in [-0.3, -0.25) is 9.59 Å². The number of ether oxygens (including phenoxy) is 2. The Morgan fingerprint density at radius 1 is 1.17 bits per heavy atom. The molecule has 0 atom stereocenters. The van der Waals surface area contributed by atoms with Crippen LogP contribution in [0.2, 0.25) is 0 Å². The molecular formula is C18H24N2O4. The summed E-state index contributed by atoms with van der Waals surface area (Å²) in [5.74, 6) is -0.660. The summed E-state index contributed by atoms with van der Waals surface area (Å²) in [5, 5.41) is 0. The van der Waals surface area contributed by atoms with Crippen LogP contribution in [0.5, 0.6) is 0 Å². The van der Waals surface area contributed by atoms with Crippen LogP contribution in [-0.4, -0.2) is 47.5 Å². The van der Waals surface area contributed by atoms with Crippen LogP contribution in [0.25, 0.3) is 0 Å². The monoisotopic (exact) mass is 332 g/mol. The molecule has 1 aliphatic carbocycles. The predicted molar refractivity (Wildman–Crippen MR) is 88.2 cm³/mol. The maximum Gasteiger partial charge on any atom is 0.264 e. The van der Waals surface area contributed by atoms with Crippen molar-refractivity contribution in [3.63, 3.8) is 0 Å². The molecule has 6 heteroatoms. The predicted octanol–water partition coefficient (Wildman–Crippen LogP) is 1.78. The third-order valence-corrected chi connectivity index (χ3v) is 5.38. The Morgan fingerprint density at radius 2 is 1.79 bits per heavy atom. The lowest BCUT2D eigenvalue weighted by Gasteiger charge is -2.37. The summed E-state index contributed by atoms with van der Waals surface area (Å²) in [5.41, 5.74) is 1.92. The van der Waals surface area contributed by atoms with E-state index in [0.717, 1.165) is 24.1 Å². The van der Waals surface area contributed by atoms with Crippen LogP contribution in [0.15, 0.2) is 10.9 Å². The number of piperidine rings is 1. The Morgan fingerprint density at radius 3 is 2.38 bits per heavy atom. The SMILES string of the molecule is Cc1cc(C)n(C2CC2)c(=O)c1C(=O)N1CCC2(CC1)OCCO2. The maximum absolute atomic E-state index is 13.0. The van der Waals surface area contributed by atoms with Crippen molar-refractivity contribution in [3.05, 3.63) is 33.2 Å². The number of rotatable bonds is 2. The quantitative estimate of drug-likeness (QED) is 0.828. The fraction of sp³-hybridized carbons (Fsp3) is 0.667. The van der Waals surface area contributed by atoms with Gasteiger partial charge in [-0.25, -0.2) is 0 Å². The highest BCUT2D eigenvalue weighted by Crippen LogP contribution is 2.35. The molecule has 4 rings (SSSR count). The first-order chi connectivity index (χ1) is 11.5. The van der Waals surface area contributed by atoms with Crippen LogP contribution in [0.1, 0.15) is 53.3 Å². The molecule has 1 aromatic heterocycles. The molecule has 0 unspecified atom stereocenters. The van der Waals surface area contributed by atoms with Gasteiger partial charge in [-0.05, 0) is 38.3 Å². The van der Waals surface area contributed by atoms with E-state index in [1.807, 2.05) is 19.9 Å². The van der Waals surface area contributed by atoms with Gasteiger partial charge in [0.25, 0.3) is 11.5 Å². The third-order valence-electron chi connectivity index (χ3n) is 5.38. The summed E-state index contributed by atoms with van der Waals surface area (Å²) in [6.07, 6.45) is 3.39. The summed E-state index contributed by atoms with van der Waals surface area (Å²) in [7, 11) is 0. The smallest absolute Gasteiger partial charge is 0.264 e. The number of hydrogen-bond donors (Lipinski definition) is 0. The van der Waals surface area contributed by atoms with Crippen LogP contribution in [0, 0.1) is 13.8 Å². The summed E-state index contributed by atoms with van der Waals surface area (Å²) >= 11 is 0. The van der Waals surface area contributed by atoms with E-state index in [9.17, 15) is 9.59 Å². The molecule has 0 aromatic carbocycles. The van der Waals surface area contributed by atoms with Gasteiger partial charge in [0.1, 0.15) is 5.56 Å². The summed E-state index contributed by atoms with van der Waals surface area (Å²) in [6, 6.07) is 2.23. The molecule has 1 spiro atoms. The summed E-state index contributed by atoms with van der Waals surface area (Å²) in [4.78, 5) is 27.6. The standard InChI is InChI=1S/C18H24N2O4/c1-12-11-13(2)20(14-3-4-14)17(22)15(12)16(21)19-7-5-18(6-8-19)23-9-10-24-18/h11,14H,3-10H2,1-2H3. The zero-order valence-corrected chi connectivity index (χ0v) is 14.3. The summed E-state index contributed by atoms with van der Waals surface area (Å²) in [6.45, 7) is 6.17. The second-order valence-corrected chi connectivity index (χ2v) is 7.15. The van der Waals surface area contributed by atoms with Crippen molar-refractivity contribution in [2.45, 2.75) is 51.4 Å². The van der Waals surface area contributed by atoms with Crippen LogP contribution in [-0.2, 0) is 9.47 Å². The molecule has 2 aliphatic heterocycles. The van der Waals surface area contributed by atoms with Crippen LogP contribution in [0.4, 0.5) is 0 Å². The molecule has 1 amide bonds. The molecule has 0 N–H and O–H groups in total. The molecule has 1 aromatic rings. The van der Waals surface area contributed by atoms with Crippen molar-refractivity contribution in [1.29, 1.82) is 0 Å². The van der Waals surface area contributed by atoms with Crippen LogP contribution in [0.3, 0.4) is 0 Å². The van der Waals surface area contributed by atoms with E-state index in [0.29, 0.717) is 44.7 Å². The minimum Gasteiger partial charge on any atom is -0.347 e. The topological polar surface area (TPSA) is 60.8 Å². The van der Waals surface area contributed by atoms with Crippen molar-refractivity contribution in [2.75, 3.05) is 26.3 Å². The van der Waals surface area contributed by atoms with Gasteiger partial charge in [0.15, 0.2) is 5.79 Å². The largest absolute Gasteiger partial charge is 0.347 e. The average Bonchev–Trinajstić information content (AvgIpc) is 3.27. The molecule has 2 saturated heterocycles. The highest BCUT2D eigenvalue weighted by Gasteiger charge is 2.41. The second kappa shape index (κ2) is 5.70. The van der Waals surface area contributed by atoms with Crippen molar-refractivity contribution in [3.8, 4) is 0 Å². The number of nitrogens with zero attached hydrogens (tertiary/aromatic N) is 2. The normalized spacial score (nSPS) is 23.0. The first-order valence-corrected chi connectivity index (χ1v) is 8.81. The zero-order valence-electron chi connectivity index (χ0n) is 14.3. The Kier molecular flexibility index (Phi) is 3.77. The molecule has 3 aliphatic rings. The number of aromatic nitrogens is 1. The van der Waals surface area contributed by atoms with Crippen molar-refractivity contribution in [2.24, 2.45) is 0 Å². The average molecular weight is 332 g/mol. The summed E-state index contributed by atoms with van der Waals surface area (Å²) < 4.78 is 13.2. The number of carbonyl (C=O) groups excluding carboxylic acids is 1. The molecule has 3 fully saturated rings. The van der Waals surface area contributed by atoms with Crippen LogP contribution >= 0.6 is 0 Å². The van der Waals surface area contributed by atoms with E-state index in [-0.39, 0.29) is 17.5 Å². The molecule has 3 heterocycles. The lowest BCUT2D eigenvalue weighted by Crippen LogP contribution is -2.48. The van der Waals surface area contributed by atoms with Crippen LogP contribution < -0.4 is 5.56 Å². The minimum absolute atomic E-state index is 0.131. The van der Waals surface area contributed by atoms with E-state index in [1.54, 1.807) is 9.47 Å². The molecule has 1 saturated carbocycles. The number of aryl methyl sites for hydroxylation is 2. The number of hydrogen-bond acceptors (Lipinski definition) is 4. The lowest BCUT2D eigenvalue weighted by molar-refractivity contribution is -0.181. The van der Waals surface area contributed by atoms with Gasteiger partial charge in [-0.15, -0.1) is 0 Å². The number of carbonyl (C=O) groups is 1. The van der Waals surface area contributed by atoms with Gasteiger partial charge < -0.3 is 18.9 Å². The van der Waals surface area contributed by atoms with Gasteiger partial charge in [0.05, 0.1) is 13.2 Å². The van der Waals surface area contributed by atoms with Crippen molar-refractivity contribution in [1.82, 2.24) is 9.47 Å². The molecular weight excluding hydrogens is 308 g/mol. The number of amides is 1. The van der Waals surface area contributed by atoms with Gasteiger partial charge in [-0.2, -0.15) is 0 Å². The second-order valence-electron chi connectivity index (χ2n) is 7.15.